The van der Waals surface area contributed by atoms with Gasteiger partial charge in [0.2, 0.25) is 0 Å². The number of carbonyl (C=O) groups excluding carboxylic acids is 2. The number of aromatic nitrogens is 1. The summed E-state index contributed by atoms with van der Waals surface area (Å²) in [6.45, 7) is 1.11. The van der Waals surface area contributed by atoms with Crippen molar-refractivity contribution in [2.75, 3.05) is 19.6 Å². The van der Waals surface area contributed by atoms with Gasteiger partial charge < -0.3 is 16.0 Å². The Balaban J connectivity index is 1.24. The Kier molecular flexibility index (Phi) is 7.71. The number of hydrogen-bond acceptors (Lipinski definition) is 5. The molecular weight excluding hydrogens is 477 g/mol. The Morgan fingerprint density at radius 1 is 1.14 bits per heavy atom. The number of nitrogens with one attached hydrogen (secondary N) is 1. The van der Waals surface area contributed by atoms with E-state index in [1.165, 1.54) is 22.3 Å². The predicted octanol–water partition coefficient (Wildman–Crippen LogP) is 4.10. The van der Waals surface area contributed by atoms with E-state index in [0.717, 1.165) is 22.7 Å². The van der Waals surface area contributed by atoms with Crippen LogP contribution < -0.4 is 11.1 Å². The van der Waals surface area contributed by atoms with Crippen LogP contribution in [0.3, 0.4) is 0 Å². The van der Waals surface area contributed by atoms with Crippen molar-refractivity contribution < 1.29 is 22.8 Å². The third-order valence-corrected chi connectivity index (χ3v) is 7.40. The van der Waals surface area contributed by atoms with Gasteiger partial charge in [0, 0.05) is 31.6 Å². The van der Waals surface area contributed by atoms with E-state index in [4.69, 9.17) is 5.73 Å². The molecule has 1 atom stereocenters. The maximum Gasteiger partial charge on any atom is 0.416 e. The number of nitrogens with zero attached hydrogens (tertiary/aromatic N) is 2. The van der Waals surface area contributed by atoms with Crippen LogP contribution in [0.25, 0.3) is 10.2 Å². The Hall–Kier alpha value is -2.98. The van der Waals surface area contributed by atoms with Gasteiger partial charge in [0.15, 0.2) is 0 Å². The highest BCUT2D eigenvalue weighted by molar-refractivity contribution is 7.18. The molecule has 1 saturated heterocycles. The maximum atomic E-state index is 13.0. The number of thiazole rings is 1. The molecule has 1 aromatic heterocycles. The van der Waals surface area contributed by atoms with Crippen LogP contribution in [0.4, 0.5) is 13.2 Å². The van der Waals surface area contributed by atoms with E-state index in [9.17, 15) is 22.8 Å². The van der Waals surface area contributed by atoms with Gasteiger partial charge in [0.25, 0.3) is 0 Å². The number of amides is 2. The Bertz CT molecular complexity index is 1170. The molecule has 0 saturated carbocycles. The smallest absolute Gasteiger partial charge is 0.348 e. The molecule has 2 aromatic carbocycles. The average molecular weight is 505 g/mol. The van der Waals surface area contributed by atoms with Gasteiger partial charge in [0.1, 0.15) is 0 Å². The number of piperidine rings is 1. The molecule has 6 nitrogen and oxygen atoms in total. The van der Waals surface area contributed by atoms with Crippen LogP contribution in [0.2, 0.25) is 0 Å². The fraction of sp³-hybridized carbons (Fsp3) is 0.400. The molecule has 0 aliphatic carbocycles. The molecule has 0 spiro atoms. The minimum atomic E-state index is -4.41. The maximum absolute atomic E-state index is 13.0. The van der Waals surface area contributed by atoms with Gasteiger partial charge in [0.05, 0.1) is 20.8 Å². The largest absolute Gasteiger partial charge is 0.416 e. The number of likely N-dealkylation sites (tertiary alicyclic amines) is 1. The van der Waals surface area contributed by atoms with E-state index in [1.54, 1.807) is 0 Å². The summed E-state index contributed by atoms with van der Waals surface area (Å²) in [5.41, 5.74) is 6.88. The van der Waals surface area contributed by atoms with E-state index >= 15 is 0 Å². The fourth-order valence-corrected chi connectivity index (χ4v) is 5.35. The number of rotatable bonds is 6. The molecular formula is C25H27F3N4O2S. The number of hydrogen-bond donors (Lipinski definition) is 2. The molecule has 4 rings (SSSR count). The highest BCUT2D eigenvalue weighted by atomic mass is 32.1. The Morgan fingerprint density at radius 3 is 2.54 bits per heavy atom. The summed E-state index contributed by atoms with van der Waals surface area (Å²) in [6, 6.07) is 13.3. The lowest BCUT2D eigenvalue weighted by molar-refractivity contribution is -0.146. The monoisotopic (exact) mass is 504 g/mol. The molecule has 3 N–H and O–H groups in total. The number of nitrogens with two attached hydrogens (primary N) is 1. The van der Waals surface area contributed by atoms with Crippen LogP contribution in [0.5, 0.6) is 0 Å². The van der Waals surface area contributed by atoms with Gasteiger partial charge in [-0.05, 0) is 49.4 Å². The summed E-state index contributed by atoms with van der Waals surface area (Å²) in [4.78, 5) is 30.8. The van der Waals surface area contributed by atoms with Crippen molar-refractivity contribution in [1.29, 1.82) is 0 Å². The number of benzene rings is 2. The lowest BCUT2D eigenvalue weighted by atomic mass is 9.97. The topological polar surface area (TPSA) is 88.3 Å². The fourth-order valence-electron chi connectivity index (χ4n) is 4.23. The van der Waals surface area contributed by atoms with Gasteiger partial charge >= 0.3 is 18.0 Å². The molecule has 2 heterocycles. The number of carbonyl (C=O) groups is 2. The van der Waals surface area contributed by atoms with Crippen molar-refractivity contribution in [2.24, 2.45) is 5.73 Å². The van der Waals surface area contributed by atoms with Crippen molar-refractivity contribution in [3.63, 3.8) is 0 Å². The van der Waals surface area contributed by atoms with E-state index in [-0.39, 0.29) is 12.0 Å². The molecule has 2 amide bonds. The highest BCUT2D eigenvalue weighted by Gasteiger charge is 2.32. The molecule has 1 aliphatic rings. The van der Waals surface area contributed by atoms with Crippen molar-refractivity contribution >= 4 is 33.4 Å². The number of fused-ring (bicyclic) bond motifs is 1. The predicted molar refractivity (Wildman–Crippen MR) is 129 cm³/mol. The van der Waals surface area contributed by atoms with Gasteiger partial charge in [-0.2, -0.15) is 13.2 Å². The van der Waals surface area contributed by atoms with E-state index in [2.05, 4.69) is 10.3 Å². The molecule has 1 fully saturated rings. The second-order valence-corrected chi connectivity index (χ2v) is 9.86. The Labute approximate surface area is 205 Å². The summed E-state index contributed by atoms with van der Waals surface area (Å²) in [5, 5.41) is 3.43. The van der Waals surface area contributed by atoms with E-state index < -0.39 is 23.6 Å². The van der Waals surface area contributed by atoms with Crippen molar-refractivity contribution in [2.45, 2.75) is 43.8 Å². The van der Waals surface area contributed by atoms with Crippen molar-refractivity contribution in [3.8, 4) is 0 Å². The third kappa shape index (κ3) is 6.37. The average Bonchev–Trinajstić information content (AvgIpc) is 3.27. The highest BCUT2D eigenvalue weighted by Crippen LogP contribution is 2.37. The third-order valence-electron chi connectivity index (χ3n) is 6.20. The van der Waals surface area contributed by atoms with Gasteiger partial charge in [-0.1, -0.05) is 30.3 Å². The molecule has 1 unspecified atom stereocenters. The van der Waals surface area contributed by atoms with Crippen molar-refractivity contribution in [3.05, 3.63) is 64.7 Å². The van der Waals surface area contributed by atoms with Crippen LogP contribution in [-0.4, -0.2) is 47.4 Å². The van der Waals surface area contributed by atoms with Crippen LogP contribution in [0.15, 0.2) is 48.5 Å². The molecule has 186 valence electrons. The lowest BCUT2D eigenvalue weighted by Crippen LogP contribution is -2.46. The second kappa shape index (κ2) is 10.7. The van der Waals surface area contributed by atoms with Crippen LogP contribution in [-0.2, 0) is 22.2 Å². The summed E-state index contributed by atoms with van der Waals surface area (Å²) in [7, 11) is 0. The summed E-state index contributed by atoms with van der Waals surface area (Å²) >= 11 is 1.38. The minimum Gasteiger partial charge on any atom is -0.348 e. The van der Waals surface area contributed by atoms with Crippen molar-refractivity contribution in [1.82, 2.24) is 15.2 Å². The quantitative estimate of drug-likeness (QED) is 0.495. The van der Waals surface area contributed by atoms with E-state index in [0.29, 0.717) is 55.5 Å². The molecule has 35 heavy (non-hydrogen) atoms. The Morgan fingerprint density at radius 2 is 1.86 bits per heavy atom. The summed E-state index contributed by atoms with van der Waals surface area (Å²) in [6.07, 6.45) is -1.94. The van der Waals surface area contributed by atoms with Gasteiger partial charge in [-0.25, -0.2) is 4.98 Å². The first kappa shape index (κ1) is 25.1. The number of alkyl halides is 3. The SMILES string of the molecule is NC(CCNC(=O)C(=O)N1CCC(c2nc3cc(C(F)(F)F)ccc3s2)CC1)Cc1ccccc1. The zero-order valence-corrected chi connectivity index (χ0v) is 19.9. The molecule has 0 radical (unpaired) electrons. The molecule has 10 heteroatoms. The standard InChI is InChI=1S/C25H27F3N4O2S/c26-25(27,28)18-6-7-21-20(15-18)31-23(35-21)17-9-12-32(13-10-17)24(34)22(33)30-11-8-19(29)14-16-4-2-1-3-5-16/h1-7,15,17,19H,8-14,29H2,(H,30,33). The second-order valence-electron chi connectivity index (χ2n) is 8.79. The zero-order valence-electron chi connectivity index (χ0n) is 19.1. The normalized spacial score (nSPS) is 15.8. The summed E-state index contributed by atoms with van der Waals surface area (Å²) in [5.74, 6) is -1.17. The first-order chi connectivity index (χ1) is 16.7. The van der Waals surface area contributed by atoms with Gasteiger partial charge in [-0.3, -0.25) is 9.59 Å². The van der Waals surface area contributed by atoms with Gasteiger partial charge in [-0.15, -0.1) is 11.3 Å². The molecule has 3 aromatic rings. The summed E-state index contributed by atoms with van der Waals surface area (Å²) < 4.78 is 39.6. The van der Waals surface area contributed by atoms with Crippen LogP contribution in [0.1, 0.15) is 41.3 Å². The molecule has 0 bridgehead atoms. The van der Waals surface area contributed by atoms with Crippen LogP contribution in [0, 0.1) is 0 Å². The van der Waals surface area contributed by atoms with Crippen LogP contribution >= 0.6 is 11.3 Å². The zero-order chi connectivity index (χ0) is 25.0. The first-order valence-electron chi connectivity index (χ1n) is 11.5. The van der Waals surface area contributed by atoms with E-state index in [1.807, 2.05) is 30.3 Å². The lowest BCUT2D eigenvalue weighted by Gasteiger charge is -2.30. The minimum absolute atomic E-state index is 0.0461. The molecule has 1 aliphatic heterocycles. The number of halogens is 3. The first-order valence-corrected chi connectivity index (χ1v) is 12.4.